The summed E-state index contributed by atoms with van der Waals surface area (Å²) in [7, 11) is -2.91. The summed E-state index contributed by atoms with van der Waals surface area (Å²) in [4.78, 5) is 66.3. The Morgan fingerprint density at radius 1 is 1.10 bits per heavy atom. The summed E-state index contributed by atoms with van der Waals surface area (Å²) in [6, 6.07) is 1.47. The van der Waals surface area contributed by atoms with Crippen LogP contribution in [0.5, 0.6) is 11.6 Å². The molecule has 6 rings (SSSR count). The second-order valence-electron chi connectivity index (χ2n) is 17.9. The van der Waals surface area contributed by atoms with E-state index >= 15 is 8.78 Å². The Labute approximate surface area is 352 Å². The number of hydrogen-bond acceptors (Lipinski definition) is 11. The second kappa shape index (κ2) is 16.8. The number of allylic oxidation sites excluding steroid dienone is 2. The molecule has 2 bridgehead atoms. The van der Waals surface area contributed by atoms with Crippen LogP contribution < -0.4 is 24.8 Å². The fraction of sp³-hybridized carbons (Fsp3) is 0.659. The van der Waals surface area contributed by atoms with E-state index in [0.717, 1.165) is 4.90 Å². The van der Waals surface area contributed by atoms with Gasteiger partial charge in [0.1, 0.15) is 35.6 Å². The summed E-state index contributed by atoms with van der Waals surface area (Å²) in [6.45, 7) is 9.19. The van der Waals surface area contributed by atoms with Crippen molar-refractivity contribution in [1.29, 1.82) is 0 Å². The number of benzene rings is 1. The van der Waals surface area contributed by atoms with E-state index in [4.69, 9.17) is 14.2 Å². The average Bonchev–Trinajstić information content (AvgIpc) is 4.08. The minimum absolute atomic E-state index is 0.0321. The van der Waals surface area contributed by atoms with Crippen LogP contribution in [0.3, 0.4) is 0 Å². The van der Waals surface area contributed by atoms with Crippen LogP contribution in [0.2, 0.25) is 0 Å². The third-order valence-corrected chi connectivity index (χ3v) is 14.3. The van der Waals surface area contributed by atoms with Gasteiger partial charge in [-0.25, -0.2) is 32.0 Å². The minimum Gasteiger partial charge on any atom is -0.497 e. The molecule has 1 saturated heterocycles. The number of nitrogens with zero attached hydrogens (tertiary/aromatic N) is 3. The van der Waals surface area contributed by atoms with Crippen LogP contribution >= 0.6 is 0 Å². The molecule has 0 spiro atoms. The van der Waals surface area contributed by atoms with Crippen molar-refractivity contribution in [2.45, 2.75) is 140 Å². The van der Waals surface area contributed by atoms with E-state index < -0.39 is 123 Å². The first-order valence-electron chi connectivity index (χ1n) is 20.5. The average molecular weight is 883 g/mol. The molecule has 2 saturated carbocycles. The Bertz CT molecular complexity index is 2180. The molecule has 3 N–H and O–H groups in total. The molecule has 4 aliphatic rings. The summed E-state index contributed by atoms with van der Waals surface area (Å²) < 4.78 is 105. The lowest BCUT2D eigenvalue weighted by Gasteiger charge is -2.36. The lowest BCUT2D eigenvalue weighted by atomic mass is 9.85. The van der Waals surface area contributed by atoms with Gasteiger partial charge in [-0.15, -0.1) is 0 Å². The van der Waals surface area contributed by atoms with Crippen molar-refractivity contribution >= 4 is 44.9 Å². The fourth-order valence-corrected chi connectivity index (χ4v) is 9.29. The van der Waals surface area contributed by atoms with Crippen LogP contribution in [0, 0.1) is 17.3 Å². The molecule has 0 unspecified atom stereocenters. The number of methoxy groups -OCH3 is 1. The normalized spacial score (nSPS) is 29.7. The Morgan fingerprint density at radius 2 is 1.80 bits per heavy atom. The number of alkyl carbamates (subject to hydrolysis) is 1. The van der Waals surface area contributed by atoms with E-state index in [2.05, 4.69) is 20.6 Å². The summed E-state index contributed by atoms with van der Waals surface area (Å²) in [5, 5.41) is 5.03. The van der Waals surface area contributed by atoms with E-state index in [1.807, 2.05) is 4.72 Å². The van der Waals surface area contributed by atoms with Gasteiger partial charge in [-0.2, -0.15) is 8.78 Å². The molecule has 336 valence electrons. The highest BCUT2D eigenvalue weighted by Gasteiger charge is 2.68. The van der Waals surface area contributed by atoms with E-state index in [-0.39, 0.29) is 36.7 Å². The number of fused-ring (bicyclic) bond motifs is 4. The Hall–Kier alpha value is -4.75. The highest BCUT2D eigenvalue weighted by Crippen LogP contribution is 2.50. The van der Waals surface area contributed by atoms with E-state index in [1.54, 1.807) is 34.6 Å². The van der Waals surface area contributed by atoms with E-state index in [1.165, 1.54) is 38.3 Å². The largest absolute Gasteiger partial charge is 0.497 e. The molecule has 3 fully saturated rings. The zero-order valence-corrected chi connectivity index (χ0v) is 36.0. The lowest BCUT2D eigenvalue weighted by molar-refractivity contribution is -0.144. The Kier molecular flexibility index (Phi) is 12.6. The predicted octanol–water partition coefficient (Wildman–Crippen LogP) is 5.51. The third kappa shape index (κ3) is 9.38. The summed E-state index contributed by atoms with van der Waals surface area (Å²) in [5.74, 6) is -10.1. The van der Waals surface area contributed by atoms with Crippen LogP contribution in [0.1, 0.15) is 98.6 Å². The molecule has 3 heterocycles. The molecular formula is C41H54F4N6O9S. The number of carbonyl (C=O) groups is 4. The van der Waals surface area contributed by atoms with Gasteiger partial charge < -0.3 is 29.7 Å². The van der Waals surface area contributed by atoms with Crippen molar-refractivity contribution in [3.63, 3.8) is 0 Å². The molecule has 0 radical (unpaired) electrons. The van der Waals surface area contributed by atoms with E-state index in [0.29, 0.717) is 31.1 Å². The minimum atomic E-state index is -4.32. The molecule has 4 amide bonds. The van der Waals surface area contributed by atoms with Gasteiger partial charge >= 0.3 is 12.0 Å². The number of aromatic nitrogens is 2. The van der Waals surface area contributed by atoms with Crippen molar-refractivity contribution < 1.29 is 59.4 Å². The van der Waals surface area contributed by atoms with Crippen molar-refractivity contribution in [3.05, 3.63) is 36.0 Å². The second-order valence-corrected chi connectivity index (χ2v) is 20.1. The number of rotatable bonds is 8. The molecule has 15 nitrogen and oxygen atoms in total. The van der Waals surface area contributed by atoms with Crippen LogP contribution in [0.15, 0.2) is 30.4 Å². The summed E-state index contributed by atoms with van der Waals surface area (Å²) in [5.41, 5.74) is -4.02. The van der Waals surface area contributed by atoms with Crippen molar-refractivity contribution in [2.24, 2.45) is 17.3 Å². The van der Waals surface area contributed by atoms with Gasteiger partial charge in [0.2, 0.25) is 34.1 Å². The first-order valence-corrected chi connectivity index (χ1v) is 22.0. The van der Waals surface area contributed by atoms with Gasteiger partial charge in [-0.3, -0.25) is 19.1 Å². The van der Waals surface area contributed by atoms with Crippen LogP contribution in [0.25, 0.3) is 11.0 Å². The lowest BCUT2D eigenvalue weighted by Crippen LogP contribution is -2.61. The summed E-state index contributed by atoms with van der Waals surface area (Å²) in [6.07, 6.45) is -2.43. The maximum Gasteiger partial charge on any atom is 0.408 e. The van der Waals surface area contributed by atoms with Gasteiger partial charge in [0.25, 0.3) is 5.91 Å². The molecule has 61 heavy (non-hydrogen) atoms. The van der Waals surface area contributed by atoms with Gasteiger partial charge in [0, 0.05) is 12.0 Å². The highest BCUT2D eigenvalue weighted by molar-refractivity contribution is 7.91. The number of ether oxygens (including phenoxy) is 3. The molecule has 2 aliphatic carbocycles. The smallest absolute Gasteiger partial charge is 0.408 e. The number of sulfonamides is 1. The maximum atomic E-state index is 16.3. The van der Waals surface area contributed by atoms with Crippen molar-refractivity contribution in [1.82, 2.24) is 30.2 Å². The highest BCUT2D eigenvalue weighted by atomic mass is 32.2. The van der Waals surface area contributed by atoms with Crippen LogP contribution in [-0.2, 0) is 35.1 Å². The Balaban J connectivity index is 1.45. The molecule has 20 heteroatoms. The topological polar surface area (TPSA) is 195 Å². The van der Waals surface area contributed by atoms with Crippen molar-refractivity contribution in [2.75, 3.05) is 13.7 Å². The number of halogens is 4. The van der Waals surface area contributed by atoms with Gasteiger partial charge in [-0.05, 0) is 88.8 Å². The maximum absolute atomic E-state index is 16.3. The predicted molar refractivity (Wildman–Crippen MR) is 213 cm³/mol. The number of cyclic esters (lactones) is 1. The van der Waals surface area contributed by atoms with Gasteiger partial charge in [0.15, 0.2) is 5.69 Å². The van der Waals surface area contributed by atoms with Crippen LogP contribution in [0.4, 0.5) is 22.4 Å². The first-order chi connectivity index (χ1) is 28.5. The quantitative estimate of drug-likeness (QED) is 0.224. The standard InChI is InChI=1S/C41H54F4N6O9S/c1-8-24-28-21-51(29(24)33(52)49-40(20-25(40)32(42)43)36(54)50-61(56,57)39(6)17-18-39)35(53)31(38(3,4)5)48-37(55)59-22(2)13-11-9-10-12-16-41(44,45)30-34(60-28)47-27-19-23(58-7)14-15-26(27)46-30/h12,14-16,19,22,24-25,28-29,31-32H,8-11,13,17-18,20-21H2,1-7H3,(H,48,55)(H,49,52)(H,50,54)/b16-12+/t22-,24-,25+,28+,29+,31-,40-/m1/s1. The molecule has 1 aromatic carbocycles. The Morgan fingerprint density at radius 3 is 2.41 bits per heavy atom. The number of alkyl halides is 4. The van der Waals surface area contributed by atoms with Crippen LogP contribution in [-0.4, -0.2) is 102 Å². The van der Waals surface area contributed by atoms with Crippen molar-refractivity contribution in [3.8, 4) is 11.6 Å². The third-order valence-electron chi connectivity index (χ3n) is 12.2. The number of amides is 4. The van der Waals surface area contributed by atoms with Gasteiger partial charge in [0.05, 0.1) is 35.4 Å². The number of nitrogens with one attached hydrogen (secondary N) is 3. The molecule has 2 aliphatic heterocycles. The first kappa shape index (κ1) is 45.8. The molecule has 2 aromatic rings. The molecular weight excluding hydrogens is 829 g/mol. The number of hydrogen-bond donors (Lipinski definition) is 3. The summed E-state index contributed by atoms with van der Waals surface area (Å²) >= 11 is 0. The zero-order valence-electron chi connectivity index (χ0n) is 35.2. The monoisotopic (exact) mass is 882 g/mol. The fourth-order valence-electron chi connectivity index (χ4n) is 7.98. The van der Waals surface area contributed by atoms with E-state index in [9.17, 15) is 36.4 Å². The number of carbonyl (C=O) groups excluding carboxylic acids is 4. The molecule has 1 aromatic heterocycles. The molecule has 7 atom stereocenters. The van der Waals surface area contributed by atoms with Gasteiger partial charge in [-0.1, -0.05) is 33.8 Å². The SMILES string of the molecule is CC[C@@H]1[C@@H]2CN(C(=O)[C@H](C(C)(C)C)NC(=O)O[C@H](C)CCCC/C=C/C(F)(F)c3nc4ccc(OC)cc4nc3O2)[C@@H]1C(=O)N[C@]1(C(=O)NS(=O)(=O)C2(C)CC2)C[C@H]1C(F)F. The zero-order chi connectivity index (χ0) is 44.9.